The van der Waals surface area contributed by atoms with Crippen molar-refractivity contribution in [3.63, 3.8) is 0 Å². The molecule has 2 aliphatic rings. The van der Waals surface area contributed by atoms with Gasteiger partial charge in [-0.2, -0.15) is 0 Å². The Labute approximate surface area is 149 Å². The molecule has 1 aromatic rings. The Morgan fingerprint density at radius 2 is 1.84 bits per heavy atom. The van der Waals surface area contributed by atoms with Crippen molar-refractivity contribution in [3.05, 3.63) is 22.9 Å². The number of aromatic nitrogens is 1. The summed E-state index contributed by atoms with van der Waals surface area (Å²) in [5.41, 5.74) is 1.98. The Morgan fingerprint density at radius 1 is 1.20 bits per heavy atom. The van der Waals surface area contributed by atoms with Gasteiger partial charge in [0, 0.05) is 30.7 Å². The molecule has 0 aliphatic carbocycles. The second-order valence-electron chi connectivity index (χ2n) is 7.70. The maximum absolute atomic E-state index is 11.6. The number of aryl methyl sites for hydroxylation is 2. The van der Waals surface area contributed by atoms with Crippen LogP contribution in [0.2, 0.25) is 0 Å². The summed E-state index contributed by atoms with van der Waals surface area (Å²) in [5, 5.41) is 19.6. The predicted molar refractivity (Wildman–Crippen MR) is 97.3 cm³/mol. The molecule has 3 rings (SSSR count). The molecule has 0 atom stereocenters. The molecule has 2 N–H and O–H groups in total. The van der Waals surface area contributed by atoms with E-state index in [1.807, 2.05) is 13.8 Å². The van der Waals surface area contributed by atoms with Crippen molar-refractivity contribution in [2.24, 2.45) is 5.41 Å². The van der Waals surface area contributed by atoms with Gasteiger partial charge >= 0.3 is 5.97 Å². The summed E-state index contributed by atoms with van der Waals surface area (Å²) in [7, 11) is 0. The number of carbonyl (C=O) groups is 1. The fourth-order valence-electron chi connectivity index (χ4n) is 4.07. The van der Waals surface area contributed by atoms with Gasteiger partial charge in [0.25, 0.3) is 0 Å². The fourth-order valence-corrected chi connectivity index (χ4v) is 4.07. The lowest BCUT2D eigenvalue weighted by atomic mass is 9.78. The van der Waals surface area contributed by atoms with E-state index in [1.165, 1.54) is 12.8 Å². The van der Waals surface area contributed by atoms with E-state index >= 15 is 0 Å². The summed E-state index contributed by atoms with van der Waals surface area (Å²) in [5.74, 6) is -0.357. The lowest BCUT2D eigenvalue weighted by Gasteiger charge is -2.43. The van der Waals surface area contributed by atoms with Crippen LogP contribution in [0.5, 0.6) is 0 Å². The van der Waals surface area contributed by atoms with Gasteiger partial charge in [-0.1, -0.05) is 0 Å². The van der Waals surface area contributed by atoms with Crippen molar-refractivity contribution in [1.29, 1.82) is 0 Å². The number of likely N-dealkylation sites (tertiary alicyclic amines) is 1. The van der Waals surface area contributed by atoms with Gasteiger partial charge in [-0.05, 0) is 64.3 Å². The van der Waals surface area contributed by atoms with Gasteiger partial charge in [-0.3, -0.25) is 0 Å². The smallest absolute Gasteiger partial charge is 0.339 e. The molecule has 25 heavy (non-hydrogen) atoms. The Kier molecular flexibility index (Phi) is 5.29. The van der Waals surface area contributed by atoms with Gasteiger partial charge in [0.15, 0.2) is 0 Å². The maximum Gasteiger partial charge on any atom is 0.339 e. The summed E-state index contributed by atoms with van der Waals surface area (Å²) in [4.78, 5) is 20.7. The number of anilines is 1. The third kappa shape index (κ3) is 3.80. The number of aliphatic hydroxyl groups is 1. The number of rotatable bonds is 5. The van der Waals surface area contributed by atoms with E-state index in [2.05, 4.69) is 14.8 Å². The molecule has 138 valence electrons. The Bertz CT molecular complexity index is 633. The molecule has 2 saturated heterocycles. The largest absolute Gasteiger partial charge is 0.478 e. The number of carboxylic acids is 1. The molecule has 0 aromatic carbocycles. The van der Waals surface area contributed by atoms with Crippen molar-refractivity contribution < 1.29 is 15.0 Å². The zero-order valence-electron chi connectivity index (χ0n) is 15.3. The van der Waals surface area contributed by atoms with E-state index in [0.717, 1.165) is 56.8 Å². The Morgan fingerprint density at radius 3 is 2.40 bits per heavy atom. The van der Waals surface area contributed by atoms with Crippen LogP contribution in [0.3, 0.4) is 0 Å². The van der Waals surface area contributed by atoms with E-state index in [4.69, 9.17) is 0 Å². The van der Waals surface area contributed by atoms with E-state index in [1.54, 1.807) is 6.07 Å². The van der Waals surface area contributed by atoms with Crippen LogP contribution in [-0.4, -0.2) is 65.4 Å². The molecule has 0 radical (unpaired) electrons. The van der Waals surface area contributed by atoms with Crippen LogP contribution in [0.4, 0.5) is 5.82 Å². The molecule has 2 aliphatic heterocycles. The maximum atomic E-state index is 11.6. The first-order valence-corrected chi connectivity index (χ1v) is 9.24. The summed E-state index contributed by atoms with van der Waals surface area (Å²) >= 11 is 0. The third-order valence-corrected chi connectivity index (χ3v) is 5.89. The van der Waals surface area contributed by atoms with Crippen molar-refractivity contribution in [2.45, 2.75) is 39.5 Å². The third-order valence-electron chi connectivity index (χ3n) is 5.89. The number of piperidine rings is 1. The normalized spacial score (nSPS) is 20.8. The van der Waals surface area contributed by atoms with Crippen LogP contribution in [0.1, 0.15) is 47.3 Å². The highest BCUT2D eigenvalue weighted by Crippen LogP contribution is 2.35. The highest BCUT2D eigenvalue weighted by molar-refractivity contribution is 5.93. The van der Waals surface area contributed by atoms with E-state index < -0.39 is 5.97 Å². The summed E-state index contributed by atoms with van der Waals surface area (Å²) in [6.45, 7) is 8.70. The number of hydrogen-bond donors (Lipinski definition) is 2. The molecule has 1 aromatic heterocycles. The molecule has 2 fully saturated rings. The number of hydrogen-bond acceptors (Lipinski definition) is 5. The van der Waals surface area contributed by atoms with Gasteiger partial charge in [0.1, 0.15) is 11.4 Å². The Balaban J connectivity index is 1.75. The summed E-state index contributed by atoms with van der Waals surface area (Å²) in [6.07, 6.45) is 4.24. The quantitative estimate of drug-likeness (QED) is 0.849. The number of pyridine rings is 1. The van der Waals surface area contributed by atoms with Crippen molar-refractivity contribution in [2.75, 3.05) is 44.2 Å². The van der Waals surface area contributed by atoms with Crippen LogP contribution < -0.4 is 4.90 Å². The highest BCUT2D eigenvalue weighted by Gasteiger charge is 2.37. The van der Waals surface area contributed by atoms with Crippen LogP contribution in [0.15, 0.2) is 6.07 Å². The molecule has 0 amide bonds. The minimum Gasteiger partial charge on any atom is -0.478 e. The van der Waals surface area contributed by atoms with Crippen molar-refractivity contribution in [1.82, 2.24) is 9.88 Å². The number of nitrogens with zero attached hydrogens (tertiary/aromatic N) is 3. The highest BCUT2D eigenvalue weighted by atomic mass is 16.4. The van der Waals surface area contributed by atoms with E-state index in [-0.39, 0.29) is 17.6 Å². The first-order chi connectivity index (χ1) is 11.9. The molecule has 6 heteroatoms. The minimum absolute atomic E-state index is 0.0655. The summed E-state index contributed by atoms with van der Waals surface area (Å²) < 4.78 is 0. The zero-order valence-corrected chi connectivity index (χ0v) is 15.3. The molecular formula is C19H29N3O3. The topological polar surface area (TPSA) is 76.9 Å². The lowest BCUT2D eigenvalue weighted by Crippen LogP contribution is -2.48. The van der Waals surface area contributed by atoms with Gasteiger partial charge in [0.05, 0.1) is 6.61 Å². The van der Waals surface area contributed by atoms with E-state index in [0.29, 0.717) is 5.82 Å². The molecule has 6 nitrogen and oxygen atoms in total. The fraction of sp³-hybridized carbons (Fsp3) is 0.684. The minimum atomic E-state index is -0.929. The molecular weight excluding hydrogens is 318 g/mol. The molecule has 0 unspecified atom stereocenters. The zero-order chi connectivity index (χ0) is 18.0. The first-order valence-electron chi connectivity index (χ1n) is 9.24. The van der Waals surface area contributed by atoms with Crippen LogP contribution in [0.25, 0.3) is 0 Å². The van der Waals surface area contributed by atoms with Gasteiger partial charge < -0.3 is 20.0 Å². The van der Waals surface area contributed by atoms with Crippen molar-refractivity contribution >= 4 is 11.8 Å². The molecule has 0 saturated carbocycles. The van der Waals surface area contributed by atoms with Gasteiger partial charge in [-0.25, -0.2) is 9.78 Å². The molecule has 0 bridgehead atoms. The second-order valence-corrected chi connectivity index (χ2v) is 7.70. The molecule has 3 heterocycles. The predicted octanol–water partition coefficient (Wildman–Crippen LogP) is 2.07. The average Bonchev–Trinajstić information content (AvgIpc) is 3.10. The number of carboxylic acid groups (broad SMARTS) is 1. The van der Waals surface area contributed by atoms with Gasteiger partial charge in [0.2, 0.25) is 0 Å². The first kappa shape index (κ1) is 18.1. The van der Waals surface area contributed by atoms with E-state index in [9.17, 15) is 15.0 Å². The van der Waals surface area contributed by atoms with Crippen molar-refractivity contribution in [3.8, 4) is 0 Å². The lowest BCUT2D eigenvalue weighted by molar-refractivity contribution is 0.0591. The number of aromatic carboxylic acids is 1. The summed E-state index contributed by atoms with van der Waals surface area (Å²) in [6, 6.07) is 1.72. The monoisotopic (exact) mass is 347 g/mol. The Hall–Kier alpha value is -1.66. The van der Waals surface area contributed by atoms with Crippen LogP contribution in [0, 0.1) is 19.3 Å². The van der Waals surface area contributed by atoms with Crippen LogP contribution in [-0.2, 0) is 0 Å². The van der Waals surface area contributed by atoms with Gasteiger partial charge in [-0.15, -0.1) is 0 Å². The average molecular weight is 347 g/mol. The standard InChI is InChI=1S/C19H29N3O3/c1-14-11-16(18(24)25)17(20-15(14)2)22-9-5-19(13-23,6-10-22)12-21-7-3-4-8-21/h11,23H,3-10,12-13H2,1-2H3,(H,24,25). The second kappa shape index (κ2) is 7.30. The van der Waals surface area contributed by atoms with Crippen LogP contribution >= 0.6 is 0 Å². The number of aliphatic hydroxyl groups excluding tert-OH is 1. The molecule has 0 spiro atoms. The SMILES string of the molecule is Cc1cc(C(=O)O)c(N2CCC(CO)(CN3CCCC3)CC2)nc1C.